The van der Waals surface area contributed by atoms with Crippen LogP contribution in [0, 0.1) is 11.7 Å². The number of aliphatic hydroxyl groups is 1. The summed E-state index contributed by atoms with van der Waals surface area (Å²) in [6.45, 7) is 7.07. The number of amides is 1. The monoisotopic (exact) mass is 436 g/mol. The Morgan fingerprint density at radius 3 is 2.55 bits per heavy atom. The molecule has 2 saturated heterocycles. The van der Waals surface area contributed by atoms with E-state index in [1.54, 1.807) is 0 Å². The molecule has 2 fully saturated rings. The summed E-state index contributed by atoms with van der Waals surface area (Å²) < 4.78 is 23.8. The number of nitrogens with one attached hydrogen (secondary N) is 1. The van der Waals surface area contributed by atoms with E-state index in [0.717, 1.165) is 31.9 Å². The first-order valence-corrected chi connectivity index (χ1v) is 11.0. The van der Waals surface area contributed by atoms with Gasteiger partial charge >= 0.3 is 0 Å². The van der Waals surface area contributed by atoms with Crippen LogP contribution in [-0.4, -0.2) is 92.0 Å². The number of piperidine rings is 1. The Hall–Kier alpha value is -2.39. The maximum Gasteiger partial charge on any atom is 0.225 e. The van der Waals surface area contributed by atoms with Crippen LogP contribution < -0.4 is 10.1 Å². The standard InChI is InChI=1S/C22H33FN4O4/c1-2-24-22(25-15-19(28)16-31-20-5-3-18(23)4-6-20)27-9-7-17(8-10-27)21(29)26-11-13-30-14-12-26/h3-6,17,19,28H,2,7-16H2,1H3,(H,24,25). The third-order valence-corrected chi connectivity index (χ3v) is 5.51. The number of ether oxygens (including phenoxy) is 2. The van der Waals surface area contributed by atoms with Crippen molar-refractivity contribution in [1.82, 2.24) is 15.1 Å². The van der Waals surface area contributed by atoms with Gasteiger partial charge in [0.2, 0.25) is 5.91 Å². The molecule has 1 aromatic carbocycles. The number of carbonyl (C=O) groups excluding carboxylic acids is 1. The van der Waals surface area contributed by atoms with Crippen LogP contribution in [0.3, 0.4) is 0 Å². The zero-order valence-electron chi connectivity index (χ0n) is 18.1. The number of carbonyl (C=O) groups is 1. The quantitative estimate of drug-likeness (QED) is 0.492. The lowest BCUT2D eigenvalue weighted by Crippen LogP contribution is -2.50. The molecule has 2 N–H and O–H groups in total. The number of nitrogens with zero attached hydrogens (tertiary/aromatic N) is 3. The van der Waals surface area contributed by atoms with Gasteiger partial charge in [-0.2, -0.15) is 0 Å². The minimum absolute atomic E-state index is 0.0481. The topological polar surface area (TPSA) is 86.6 Å². The van der Waals surface area contributed by atoms with Crippen molar-refractivity contribution in [3.63, 3.8) is 0 Å². The van der Waals surface area contributed by atoms with Crippen molar-refractivity contribution in [2.75, 3.05) is 59.1 Å². The minimum Gasteiger partial charge on any atom is -0.491 e. The summed E-state index contributed by atoms with van der Waals surface area (Å²) in [4.78, 5) is 21.3. The second-order valence-corrected chi connectivity index (χ2v) is 7.81. The van der Waals surface area contributed by atoms with Crippen molar-refractivity contribution >= 4 is 11.9 Å². The Morgan fingerprint density at radius 2 is 1.90 bits per heavy atom. The summed E-state index contributed by atoms with van der Waals surface area (Å²) in [7, 11) is 0. The van der Waals surface area contributed by atoms with E-state index in [-0.39, 0.29) is 30.8 Å². The van der Waals surface area contributed by atoms with Gasteiger partial charge in [0, 0.05) is 38.6 Å². The van der Waals surface area contributed by atoms with Crippen molar-refractivity contribution < 1.29 is 23.8 Å². The number of hydrogen-bond donors (Lipinski definition) is 2. The molecule has 1 aromatic rings. The fourth-order valence-corrected chi connectivity index (χ4v) is 3.77. The molecular formula is C22H33FN4O4. The molecule has 9 heteroatoms. The normalized spacial score (nSPS) is 19.3. The second kappa shape index (κ2) is 11.9. The highest BCUT2D eigenvalue weighted by Gasteiger charge is 2.30. The van der Waals surface area contributed by atoms with Gasteiger partial charge < -0.3 is 29.7 Å². The number of aliphatic hydroxyl groups excluding tert-OH is 1. The highest BCUT2D eigenvalue weighted by atomic mass is 19.1. The third-order valence-electron chi connectivity index (χ3n) is 5.51. The van der Waals surface area contributed by atoms with E-state index in [2.05, 4.69) is 15.2 Å². The van der Waals surface area contributed by atoms with Crippen LogP contribution in [0.15, 0.2) is 29.3 Å². The molecule has 1 amide bonds. The van der Waals surface area contributed by atoms with Crippen molar-refractivity contribution in [2.45, 2.75) is 25.9 Å². The molecule has 2 aliphatic heterocycles. The van der Waals surface area contributed by atoms with Crippen LogP contribution in [0.1, 0.15) is 19.8 Å². The van der Waals surface area contributed by atoms with Crippen LogP contribution in [0.4, 0.5) is 4.39 Å². The summed E-state index contributed by atoms with van der Waals surface area (Å²) in [5.74, 6) is 1.19. The summed E-state index contributed by atoms with van der Waals surface area (Å²) in [6, 6.07) is 5.68. The van der Waals surface area contributed by atoms with E-state index in [0.29, 0.717) is 38.6 Å². The molecule has 0 bridgehead atoms. The highest BCUT2D eigenvalue weighted by Crippen LogP contribution is 2.20. The molecule has 0 aromatic heterocycles. The summed E-state index contributed by atoms with van der Waals surface area (Å²) in [5, 5.41) is 13.5. The SMILES string of the molecule is CCNC(=NCC(O)COc1ccc(F)cc1)N1CCC(C(=O)N2CCOCC2)CC1. The third kappa shape index (κ3) is 7.07. The van der Waals surface area contributed by atoms with Crippen molar-refractivity contribution in [2.24, 2.45) is 10.9 Å². The summed E-state index contributed by atoms with van der Waals surface area (Å²) in [6.07, 6.45) is 0.798. The lowest BCUT2D eigenvalue weighted by Gasteiger charge is -2.36. The Kier molecular flexibility index (Phi) is 8.90. The molecule has 31 heavy (non-hydrogen) atoms. The molecular weight excluding hydrogens is 403 g/mol. The minimum atomic E-state index is -0.779. The van der Waals surface area contributed by atoms with E-state index in [1.807, 2.05) is 11.8 Å². The predicted molar refractivity (Wildman–Crippen MR) is 116 cm³/mol. The first kappa shape index (κ1) is 23.3. The number of likely N-dealkylation sites (tertiary alicyclic amines) is 1. The number of guanidine groups is 1. The largest absolute Gasteiger partial charge is 0.491 e. The molecule has 0 saturated carbocycles. The number of aliphatic imine (C=N–C) groups is 1. The molecule has 8 nitrogen and oxygen atoms in total. The molecule has 2 heterocycles. The molecule has 2 aliphatic rings. The van der Waals surface area contributed by atoms with Crippen LogP contribution >= 0.6 is 0 Å². The van der Waals surface area contributed by atoms with Crippen LogP contribution in [0.2, 0.25) is 0 Å². The van der Waals surface area contributed by atoms with Crippen molar-refractivity contribution in [3.05, 3.63) is 30.1 Å². The highest BCUT2D eigenvalue weighted by molar-refractivity contribution is 5.82. The van der Waals surface area contributed by atoms with Crippen LogP contribution in [0.25, 0.3) is 0 Å². The fraction of sp³-hybridized carbons (Fsp3) is 0.636. The maximum atomic E-state index is 12.9. The number of halogens is 1. The Balaban J connectivity index is 1.46. The van der Waals surface area contributed by atoms with Gasteiger partial charge in [-0.15, -0.1) is 0 Å². The molecule has 172 valence electrons. The van der Waals surface area contributed by atoms with E-state index in [9.17, 15) is 14.3 Å². The number of hydrogen-bond acceptors (Lipinski definition) is 5. The van der Waals surface area contributed by atoms with E-state index < -0.39 is 6.10 Å². The number of rotatable bonds is 7. The molecule has 3 rings (SSSR count). The Morgan fingerprint density at radius 1 is 1.23 bits per heavy atom. The molecule has 1 atom stereocenters. The van der Waals surface area contributed by atoms with E-state index >= 15 is 0 Å². The van der Waals surface area contributed by atoms with Gasteiger partial charge in [-0.1, -0.05) is 0 Å². The lowest BCUT2D eigenvalue weighted by molar-refractivity contribution is -0.140. The van der Waals surface area contributed by atoms with Gasteiger partial charge in [0.1, 0.15) is 24.3 Å². The van der Waals surface area contributed by atoms with Gasteiger partial charge in [-0.25, -0.2) is 4.39 Å². The average molecular weight is 437 g/mol. The molecule has 0 radical (unpaired) electrons. The molecule has 0 spiro atoms. The zero-order chi connectivity index (χ0) is 22.1. The van der Waals surface area contributed by atoms with Crippen molar-refractivity contribution in [3.8, 4) is 5.75 Å². The van der Waals surface area contributed by atoms with Crippen LogP contribution in [-0.2, 0) is 9.53 Å². The summed E-state index contributed by atoms with van der Waals surface area (Å²) >= 11 is 0. The lowest BCUT2D eigenvalue weighted by atomic mass is 9.95. The van der Waals surface area contributed by atoms with Crippen molar-refractivity contribution in [1.29, 1.82) is 0 Å². The van der Waals surface area contributed by atoms with Gasteiger partial charge in [0.05, 0.1) is 19.8 Å². The summed E-state index contributed by atoms with van der Waals surface area (Å²) in [5.41, 5.74) is 0. The van der Waals surface area contributed by atoms with Gasteiger partial charge in [-0.3, -0.25) is 9.79 Å². The van der Waals surface area contributed by atoms with E-state index in [4.69, 9.17) is 9.47 Å². The molecule has 0 aliphatic carbocycles. The first-order chi connectivity index (χ1) is 15.1. The average Bonchev–Trinajstić information content (AvgIpc) is 2.81. The Bertz CT molecular complexity index is 717. The molecule has 1 unspecified atom stereocenters. The van der Waals surface area contributed by atoms with Gasteiger partial charge in [0.25, 0.3) is 0 Å². The van der Waals surface area contributed by atoms with E-state index in [1.165, 1.54) is 24.3 Å². The predicted octanol–water partition coefficient (Wildman–Crippen LogP) is 1.10. The first-order valence-electron chi connectivity index (χ1n) is 11.0. The Labute approximate surface area is 183 Å². The van der Waals surface area contributed by atoms with Gasteiger partial charge in [-0.05, 0) is 44.0 Å². The van der Waals surface area contributed by atoms with Gasteiger partial charge in [0.15, 0.2) is 5.96 Å². The number of benzene rings is 1. The smallest absolute Gasteiger partial charge is 0.225 e. The maximum absolute atomic E-state index is 12.9. The second-order valence-electron chi connectivity index (χ2n) is 7.81. The fourth-order valence-electron chi connectivity index (χ4n) is 3.77. The zero-order valence-corrected chi connectivity index (χ0v) is 18.1. The van der Waals surface area contributed by atoms with Crippen LogP contribution in [0.5, 0.6) is 5.75 Å². The number of morpholine rings is 1.